The third-order valence-electron chi connectivity index (χ3n) is 3.51. The highest BCUT2D eigenvalue weighted by atomic mass is 15.1. The van der Waals surface area contributed by atoms with Gasteiger partial charge in [0.2, 0.25) is 0 Å². The Balaban J connectivity index is 2.94. The van der Waals surface area contributed by atoms with Crippen LogP contribution in [0.1, 0.15) is 65.4 Å². The van der Waals surface area contributed by atoms with Crippen LogP contribution in [0.4, 0.5) is 5.69 Å². The number of hydrogen-bond donors (Lipinski definition) is 1. The summed E-state index contributed by atoms with van der Waals surface area (Å²) in [4.78, 5) is 11.6. The zero-order valence-corrected chi connectivity index (χ0v) is 14.8. The van der Waals surface area contributed by atoms with Crippen LogP contribution < -0.4 is 10.2 Å². The van der Waals surface area contributed by atoms with Gasteiger partial charge in [-0.3, -0.25) is 0 Å². The molecule has 4 nitrogen and oxygen atoms in total. The molecule has 4 heteroatoms. The molecular weight excluding hydrogens is 260 g/mol. The van der Waals surface area contributed by atoms with Crippen molar-refractivity contribution in [1.82, 2.24) is 15.3 Å². The van der Waals surface area contributed by atoms with Gasteiger partial charge in [-0.05, 0) is 12.3 Å². The van der Waals surface area contributed by atoms with Crippen LogP contribution in [0.3, 0.4) is 0 Å². The van der Waals surface area contributed by atoms with Gasteiger partial charge in [0.05, 0.1) is 17.6 Å². The average molecular weight is 292 g/mol. The highest BCUT2D eigenvalue weighted by molar-refractivity contribution is 5.48. The van der Waals surface area contributed by atoms with E-state index in [1.807, 2.05) is 6.20 Å². The molecule has 0 unspecified atom stereocenters. The summed E-state index contributed by atoms with van der Waals surface area (Å²) in [6, 6.07) is 0.455. The predicted octanol–water partition coefficient (Wildman–Crippen LogP) is 3.58. The van der Waals surface area contributed by atoms with E-state index in [4.69, 9.17) is 4.98 Å². The van der Waals surface area contributed by atoms with Gasteiger partial charge in [0.1, 0.15) is 5.82 Å². The van der Waals surface area contributed by atoms with Gasteiger partial charge in [-0.1, -0.05) is 41.5 Å². The number of nitrogens with one attached hydrogen (secondary N) is 1. The first-order chi connectivity index (χ1) is 9.81. The van der Waals surface area contributed by atoms with Crippen molar-refractivity contribution in [3.8, 4) is 0 Å². The van der Waals surface area contributed by atoms with E-state index in [1.165, 1.54) is 6.42 Å². The summed E-state index contributed by atoms with van der Waals surface area (Å²) in [6.45, 7) is 14.9. The van der Waals surface area contributed by atoms with E-state index in [2.05, 4.69) is 63.8 Å². The third kappa shape index (κ3) is 6.00. The smallest absolute Gasteiger partial charge is 0.131 e. The zero-order chi connectivity index (χ0) is 16.0. The van der Waals surface area contributed by atoms with Crippen LogP contribution in [0.5, 0.6) is 0 Å². The Morgan fingerprint density at radius 2 is 1.81 bits per heavy atom. The van der Waals surface area contributed by atoms with Crippen LogP contribution in [-0.2, 0) is 6.54 Å². The largest absolute Gasteiger partial charge is 0.372 e. The highest BCUT2D eigenvalue weighted by Gasteiger charge is 2.13. The lowest BCUT2D eigenvalue weighted by Crippen LogP contribution is -2.27. The van der Waals surface area contributed by atoms with Crippen molar-refractivity contribution in [2.24, 2.45) is 5.92 Å². The van der Waals surface area contributed by atoms with E-state index in [9.17, 15) is 0 Å². The number of nitrogens with zero attached hydrogens (tertiary/aromatic N) is 3. The Bertz CT molecular complexity index is 427. The summed E-state index contributed by atoms with van der Waals surface area (Å²) < 4.78 is 0. The van der Waals surface area contributed by atoms with Crippen molar-refractivity contribution >= 4 is 5.69 Å². The summed E-state index contributed by atoms with van der Waals surface area (Å²) in [7, 11) is 2.13. The number of anilines is 1. The van der Waals surface area contributed by atoms with E-state index in [0.717, 1.165) is 30.3 Å². The van der Waals surface area contributed by atoms with Gasteiger partial charge in [-0.25, -0.2) is 9.97 Å². The lowest BCUT2D eigenvalue weighted by atomic mass is 10.1. The molecule has 1 aromatic rings. The molecule has 0 amide bonds. The molecule has 0 aliphatic carbocycles. The van der Waals surface area contributed by atoms with Crippen molar-refractivity contribution < 1.29 is 0 Å². The predicted molar refractivity (Wildman–Crippen MR) is 90.8 cm³/mol. The second kappa shape index (κ2) is 8.32. The van der Waals surface area contributed by atoms with Crippen molar-refractivity contribution in [3.05, 3.63) is 17.7 Å². The van der Waals surface area contributed by atoms with Gasteiger partial charge >= 0.3 is 0 Å². The monoisotopic (exact) mass is 292 g/mol. The van der Waals surface area contributed by atoms with Crippen LogP contribution in [0.2, 0.25) is 0 Å². The maximum absolute atomic E-state index is 4.78. The molecule has 0 saturated carbocycles. The fourth-order valence-corrected chi connectivity index (χ4v) is 2.03. The average Bonchev–Trinajstić information content (AvgIpc) is 2.41. The molecule has 0 aromatic carbocycles. The summed E-state index contributed by atoms with van der Waals surface area (Å²) >= 11 is 0. The second-order valence-corrected chi connectivity index (χ2v) is 6.85. The number of aromatic nitrogens is 2. The summed E-state index contributed by atoms with van der Waals surface area (Å²) in [5.74, 6) is 2.00. The molecule has 0 bridgehead atoms. The molecule has 1 heterocycles. The maximum atomic E-state index is 4.78. The highest BCUT2D eigenvalue weighted by Crippen LogP contribution is 2.20. The molecule has 0 saturated heterocycles. The first kappa shape index (κ1) is 17.9. The van der Waals surface area contributed by atoms with Crippen molar-refractivity contribution in [3.63, 3.8) is 0 Å². The quantitative estimate of drug-likeness (QED) is 0.795. The molecular formula is C17H32N4. The number of rotatable bonds is 8. The minimum absolute atomic E-state index is 0.359. The second-order valence-electron chi connectivity index (χ2n) is 6.85. The molecule has 0 radical (unpaired) electrons. The Labute approximate surface area is 130 Å². The molecule has 1 N–H and O–H groups in total. The Morgan fingerprint density at radius 3 is 2.33 bits per heavy atom. The molecule has 0 aliphatic heterocycles. The normalized spacial score (nSPS) is 11.7. The first-order valence-electron chi connectivity index (χ1n) is 8.11. The van der Waals surface area contributed by atoms with Crippen LogP contribution in [0.25, 0.3) is 0 Å². The zero-order valence-electron chi connectivity index (χ0n) is 14.8. The lowest BCUT2D eigenvalue weighted by Gasteiger charge is -2.23. The van der Waals surface area contributed by atoms with Gasteiger partial charge in [-0.15, -0.1) is 0 Å². The van der Waals surface area contributed by atoms with Crippen molar-refractivity contribution in [1.29, 1.82) is 0 Å². The number of hydrogen-bond acceptors (Lipinski definition) is 4. The molecule has 0 fully saturated rings. The summed E-state index contributed by atoms with van der Waals surface area (Å²) in [5, 5.41) is 3.47. The molecule has 1 rings (SSSR count). The van der Waals surface area contributed by atoms with Crippen molar-refractivity contribution in [2.45, 2.75) is 66.5 Å². The summed E-state index contributed by atoms with van der Waals surface area (Å²) in [5.41, 5.74) is 2.25. The topological polar surface area (TPSA) is 41.1 Å². The molecule has 0 spiro atoms. The van der Waals surface area contributed by atoms with E-state index < -0.39 is 0 Å². The fourth-order valence-electron chi connectivity index (χ4n) is 2.03. The Kier molecular flexibility index (Phi) is 7.09. The van der Waals surface area contributed by atoms with Crippen molar-refractivity contribution in [2.75, 3.05) is 18.5 Å². The summed E-state index contributed by atoms with van der Waals surface area (Å²) in [6.07, 6.45) is 3.17. The van der Waals surface area contributed by atoms with Gasteiger partial charge in [0, 0.05) is 32.1 Å². The maximum Gasteiger partial charge on any atom is 0.131 e. The SMILES string of the molecule is CC(C)CCN(C)c1cnc(C(C)C)nc1CNC(C)C. The van der Waals surface area contributed by atoms with Crippen LogP contribution in [0, 0.1) is 5.92 Å². The molecule has 1 aromatic heterocycles. The standard InChI is InChI=1S/C17H32N4/c1-12(2)8-9-21(7)16-11-19-17(13(3)4)20-15(16)10-18-14(5)6/h11-14,18H,8-10H2,1-7H3. The van der Waals surface area contributed by atoms with Gasteiger partial charge < -0.3 is 10.2 Å². The van der Waals surface area contributed by atoms with Crippen LogP contribution in [-0.4, -0.2) is 29.6 Å². The first-order valence-corrected chi connectivity index (χ1v) is 8.11. The fraction of sp³-hybridized carbons (Fsp3) is 0.765. The molecule has 0 aliphatic rings. The molecule has 120 valence electrons. The molecule has 0 atom stereocenters. The van der Waals surface area contributed by atoms with E-state index >= 15 is 0 Å². The van der Waals surface area contributed by atoms with Gasteiger partial charge in [0.25, 0.3) is 0 Å². The molecule has 21 heavy (non-hydrogen) atoms. The van der Waals surface area contributed by atoms with E-state index in [-0.39, 0.29) is 0 Å². The lowest BCUT2D eigenvalue weighted by molar-refractivity contribution is 0.568. The third-order valence-corrected chi connectivity index (χ3v) is 3.51. The van der Waals surface area contributed by atoms with Crippen LogP contribution >= 0.6 is 0 Å². The van der Waals surface area contributed by atoms with E-state index in [0.29, 0.717) is 17.9 Å². The Morgan fingerprint density at radius 1 is 1.14 bits per heavy atom. The van der Waals surface area contributed by atoms with Gasteiger partial charge in [-0.2, -0.15) is 0 Å². The Hall–Kier alpha value is -1.16. The minimum Gasteiger partial charge on any atom is -0.372 e. The van der Waals surface area contributed by atoms with Crippen LogP contribution in [0.15, 0.2) is 6.20 Å². The van der Waals surface area contributed by atoms with Gasteiger partial charge in [0.15, 0.2) is 0 Å². The van der Waals surface area contributed by atoms with E-state index in [1.54, 1.807) is 0 Å². The minimum atomic E-state index is 0.359.